The number of hydrogen-bond donors (Lipinski definition) is 0. The molecule has 4 heteroatoms. The Morgan fingerprint density at radius 1 is 1.47 bits per heavy atom. The summed E-state index contributed by atoms with van der Waals surface area (Å²) in [6.45, 7) is 2.11. The lowest BCUT2D eigenvalue weighted by atomic mass is 10.1. The second-order valence-corrected chi connectivity index (χ2v) is 6.85. The molecule has 2 rings (SSSR count). The minimum Gasteiger partial charge on any atom is -0.339 e. The third-order valence-corrected chi connectivity index (χ3v) is 4.52. The Morgan fingerprint density at radius 3 is 2.74 bits per heavy atom. The van der Waals surface area contributed by atoms with Crippen LogP contribution in [0.2, 0.25) is 0 Å². The van der Waals surface area contributed by atoms with Crippen molar-refractivity contribution in [3.05, 3.63) is 35.4 Å². The summed E-state index contributed by atoms with van der Waals surface area (Å²) in [5.41, 5.74) is 1.65. The van der Waals surface area contributed by atoms with Gasteiger partial charge in [0, 0.05) is 41.5 Å². The highest BCUT2D eigenvalue weighted by atomic mass is 32.2. The van der Waals surface area contributed by atoms with Gasteiger partial charge < -0.3 is 4.90 Å². The van der Waals surface area contributed by atoms with Gasteiger partial charge in [-0.05, 0) is 43.4 Å². The van der Waals surface area contributed by atoms with E-state index in [2.05, 4.69) is 6.92 Å². The molecule has 104 valence electrons. The first-order valence-corrected chi connectivity index (χ1v) is 8.38. The number of benzene rings is 1. The molecule has 2 atom stereocenters. The highest BCUT2D eigenvalue weighted by molar-refractivity contribution is 7.83. The second-order valence-electron chi connectivity index (χ2n) is 5.41. The van der Waals surface area contributed by atoms with Crippen molar-refractivity contribution >= 4 is 16.7 Å². The molecule has 1 aliphatic carbocycles. The van der Waals surface area contributed by atoms with Crippen LogP contribution < -0.4 is 0 Å². The first-order valence-electron chi connectivity index (χ1n) is 6.65. The molecule has 0 bridgehead atoms. The molecule has 0 aliphatic heterocycles. The molecule has 1 aromatic carbocycles. The molecule has 1 saturated carbocycles. The van der Waals surface area contributed by atoms with Crippen molar-refractivity contribution in [3.8, 4) is 0 Å². The van der Waals surface area contributed by atoms with Crippen molar-refractivity contribution in [2.75, 3.05) is 13.3 Å². The third-order valence-electron chi connectivity index (χ3n) is 3.78. The molecule has 1 fully saturated rings. The van der Waals surface area contributed by atoms with Crippen LogP contribution in [0.25, 0.3) is 0 Å². The van der Waals surface area contributed by atoms with Gasteiger partial charge in [0.15, 0.2) is 0 Å². The van der Waals surface area contributed by atoms with Crippen LogP contribution >= 0.6 is 0 Å². The van der Waals surface area contributed by atoms with Gasteiger partial charge in [-0.25, -0.2) is 0 Å². The van der Waals surface area contributed by atoms with Gasteiger partial charge in [-0.3, -0.25) is 9.00 Å². The Bertz CT molecular complexity index is 497. The highest BCUT2D eigenvalue weighted by Crippen LogP contribution is 2.35. The fraction of sp³-hybridized carbons (Fsp3) is 0.533. The molecule has 1 aromatic rings. The fourth-order valence-corrected chi connectivity index (χ4v) is 2.96. The quantitative estimate of drug-likeness (QED) is 0.830. The number of rotatable bonds is 5. The Kier molecular flexibility index (Phi) is 4.40. The molecule has 0 radical (unpaired) electrons. The summed E-state index contributed by atoms with van der Waals surface area (Å²) in [5, 5.41) is 0. The van der Waals surface area contributed by atoms with Gasteiger partial charge in [-0.15, -0.1) is 0 Å². The van der Waals surface area contributed by atoms with Crippen LogP contribution in [0.1, 0.15) is 35.7 Å². The van der Waals surface area contributed by atoms with Crippen LogP contribution in [0, 0.1) is 5.92 Å². The van der Waals surface area contributed by atoms with E-state index >= 15 is 0 Å². The molecule has 1 aliphatic rings. The average Bonchev–Trinajstić information content (AvgIpc) is 3.20. The fourth-order valence-electron chi connectivity index (χ4n) is 2.31. The van der Waals surface area contributed by atoms with E-state index in [1.807, 2.05) is 36.2 Å². The standard InChI is InChI=1S/C15H21NO2S/c1-11(13-7-8-13)16(2)15(17)14-6-4-5-12(9-14)10-19(3)18/h4-6,9,11,13H,7-8,10H2,1-3H3. The van der Waals surface area contributed by atoms with Crippen molar-refractivity contribution in [1.29, 1.82) is 0 Å². The van der Waals surface area contributed by atoms with Crippen LogP contribution in [0.4, 0.5) is 0 Å². The summed E-state index contributed by atoms with van der Waals surface area (Å²) in [6, 6.07) is 7.78. The monoisotopic (exact) mass is 279 g/mol. The summed E-state index contributed by atoms with van der Waals surface area (Å²) in [6.07, 6.45) is 4.14. The number of amides is 1. The van der Waals surface area contributed by atoms with Gasteiger partial charge in [-0.1, -0.05) is 12.1 Å². The van der Waals surface area contributed by atoms with Crippen molar-refractivity contribution in [2.24, 2.45) is 5.92 Å². The number of carbonyl (C=O) groups is 1. The lowest BCUT2D eigenvalue weighted by Crippen LogP contribution is -2.36. The Hall–Kier alpha value is -1.16. The molecule has 1 amide bonds. The Labute approximate surface area is 117 Å². The highest BCUT2D eigenvalue weighted by Gasteiger charge is 2.32. The van der Waals surface area contributed by atoms with Gasteiger partial charge in [0.2, 0.25) is 0 Å². The number of carbonyl (C=O) groups excluding carboxylic acids is 1. The molecule has 2 unspecified atom stereocenters. The Balaban J connectivity index is 2.11. The molecule has 0 heterocycles. The van der Waals surface area contributed by atoms with Crippen LogP contribution in [-0.2, 0) is 16.6 Å². The third kappa shape index (κ3) is 3.66. The molecule has 19 heavy (non-hydrogen) atoms. The molecule has 3 nitrogen and oxygen atoms in total. The largest absolute Gasteiger partial charge is 0.339 e. The molecule has 0 N–H and O–H groups in total. The molecule has 0 spiro atoms. The zero-order valence-electron chi connectivity index (χ0n) is 11.8. The second kappa shape index (κ2) is 5.87. The van der Waals surface area contributed by atoms with Crippen LogP contribution in [0.3, 0.4) is 0 Å². The minimum absolute atomic E-state index is 0.0585. The summed E-state index contributed by atoms with van der Waals surface area (Å²) in [7, 11) is 0.991. The van der Waals surface area contributed by atoms with Gasteiger partial charge in [-0.2, -0.15) is 0 Å². The maximum Gasteiger partial charge on any atom is 0.253 e. The van der Waals surface area contributed by atoms with E-state index in [0.29, 0.717) is 23.3 Å². The first-order chi connectivity index (χ1) is 8.99. The zero-order valence-corrected chi connectivity index (χ0v) is 12.6. The molecular weight excluding hydrogens is 258 g/mol. The van der Waals surface area contributed by atoms with Crippen molar-refractivity contribution in [3.63, 3.8) is 0 Å². The van der Waals surface area contributed by atoms with Gasteiger partial charge in [0.25, 0.3) is 5.91 Å². The van der Waals surface area contributed by atoms with Crippen molar-refractivity contribution < 1.29 is 9.00 Å². The SMILES string of the molecule is CC(C1CC1)N(C)C(=O)c1cccc(CS(C)=O)c1. The lowest BCUT2D eigenvalue weighted by molar-refractivity contribution is 0.0727. The summed E-state index contributed by atoms with van der Waals surface area (Å²) >= 11 is 0. The number of hydrogen-bond acceptors (Lipinski definition) is 2. The van der Waals surface area contributed by atoms with Gasteiger partial charge >= 0.3 is 0 Å². The lowest BCUT2D eigenvalue weighted by Gasteiger charge is -2.25. The zero-order chi connectivity index (χ0) is 14.0. The van der Waals surface area contributed by atoms with E-state index in [1.165, 1.54) is 12.8 Å². The van der Waals surface area contributed by atoms with Crippen LogP contribution in [-0.4, -0.2) is 34.4 Å². The summed E-state index contributed by atoms with van der Waals surface area (Å²) in [4.78, 5) is 14.2. The molecule has 0 saturated heterocycles. The van der Waals surface area contributed by atoms with Gasteiger partial charge in [0.05, 0.1) is 0 Å². The predicted molar refractivity (Wildman–Crippen MR) is 78.5 cm³/mol. The van der Waals surface area contributed by atoms with E-state index < -0.39 is 10.8 Å². The maximum atomic E-state index is 12.4. The topological polar surface area (TPSA) is 37.4 Å². The van der Waals surface area contributed by atoms with Crippen molar-refractivity contribution in [2.45, 2.75) is 31.6 Å². The first kappa shape index (κ1) is 14.3. The molecular formula is C15H21NO2S. The maximum absolute atomic E-state index is 12.4. The Morgan fingerprint density at radius 2 is 2.16 bits per heavy atom. The summed E-state index contributed by atoms with van der Waals surface area (Å²) < 4.78 is 11.2. The normalized spacial score (nSPS) is 17.8. The van der Waals surface area contributed by atoms with E-state index in [4.69, 9.17) is 0 Å². The van der Waals surface area contributed by atoms with Crippen LogP contribution in [0.5, 0.6) is 0 Å². The van der Waals surface area contributed by atoms with E-state index in [1.54, 1.807) is 6.26 Å². The van der Waals surface area contributed by atoms with E-state index in [0.717, 1.165) is 5.56 Å². The van der Waals surface area contributed by atoms with Crippen LogP contribution in [0.15, 0.2) is 24.3 Å². The van der Waals surface area contributed by atoms with Gasteiger partial charge in [0.1, 0.15) is 0 Å². The van der Waals surface area contributed by atoms with E-state index in [9.17, 15) is 9.00 Å². The smallest absolute Gasteiger partial charge is 0.253 e. The van der Waals surface area contributed by atoms with E-state index in [-0.39, 0.29) is 5.91 Å². The molecule has 0 aromatic heterocycles. The predicted octanol–water partition coefficient (Wildman–Crippen LogP) is 2.44. The summed E-state index contributed by atoms with van der Waals surface area (Å²) in [5.74, 6) is 1.23. The average molecular weight is 279 g/mol. The minimum atomic E-state index is -0.880. The number of nitrogens with zero attached hydrogens (tertiary/aromatic N) is 1. The van der Waals surface area contributed by atoms with Crippen molar-refractivity contribution in [1.82, 2.24) is 4.90 Å².